The lowest BCUT2D eigenvalue weighted by atomic mass is 10.2. The lowest BCUT2D eigenvalue weighted by Crippen LogP contribution is -1.98. The number of hydrogen-bond acceptors (Lipinski definition) is 5. The molecular formula is C15H12BrN3O2. The van der Waals surface area contributed by atoms with Crippen LogP contribution in [0.3, 0.4) is 0 Å². The first-order chi connectivity index (χ1) is 10.2. The smallest absolute Gasteiger partial charge is 0.264 e. The van der Waals surface area contributed by atoms with Crippen LogP contribution in [0, 0.1) is 0 Å². The Labute approximate surface area is 129 Å². The van der Waals surface area contributed by atoms with Gasteiger partial charge in [-0.25, -0.2) is 0 Å². The highest BCUT2D eigenvalue weighted by Gasteiger charge is 2.10. The second-order valence-electron chi connectivity index (χ2n) is 4.35. The predicted molar refractivity (Wildman–Crippen MR) is 82.6 cm³/mol. The molecule has 0 unspecified atom stereocenters. The second kappa shape index (κ2) is 5.97. The van der Waals surface area contributed by atoms with Gasteiger partial charge in [0.1, 0.15) is 5.75 Å². The number of nitrogens with zero attached hydrogens (tertiary/aromatic N) is 2. The quantitative estimate of drug-likeness (QED) is 0.730. The van der Waals surface area contributed by atoms with E-state index < -0.39 is 0 Å². The van der Waals surface area contributed by atoms with E-state index in [1.54, 1.807) is 12.1 Å². The lowest BCUT2D eigenvalue weighted by Gasteiger charge is -2.05. The SMILES string of the molecule is Nc1ccccc1OCc1nc(-c2cccc(Br)c2)no1. The third-order valence-corrected chi connectivity index (χ3v) is 3.31. The van der Waals surface area contributed by atoms with Crippen molar-refractivity contribution in [3.05, 3.63) is 58.9 Å². The Hall–Kier alpha value is -2.34. The van der Waals surface area contributed by atoms with Crippen LogP contribution in [0.25, 0.3) is 11.4 Å². The normalized spacial score (nSPS) is 10.5. The first-order valence-corrected chi connectivity index (χ1v) is 7.07. The fourth-order valence-corrected chi connectivity index (χ4v) is 2.21. The number of aromatic nitrogens is 2. The van der Waals surface area contributed by atoms with Crippen LogP contribution in [0.4, 0.5) is 5.69 Å². The molecule has 0 aliphatic carbocycles. The van der Waals surface area contributed by atoms with Crippen molar-refractivity contribution in [3.63, 3.8) is 0 Å². The highest BCUT2D eigenvalue weighted by molar-refractivity contribution is 9.10. The average Bonchev–Trinajstić information content (AvgIpc) is 2.95. The molecule has 1 aromatic heterocycles. The average molecular weight is 346 g/mol. The molecule has 0 aliphatic heterocycles. The number of benzene rings is 2. The molecule has 3 aromatic rings. The van der Waals surface area contributed by atoms with Gasteiger partial charge in [0.25, 0.3) is 5.89 Å². The first-order valence-electron chi connectivity index (χ1n) is 6.28. The summed E-state index contributed by atoms with van der Waals surface area (Å²) in [6, 6.07) is 15.0. The van der Waals surface area contributed by atoms with E-state index >= 15 is 0 Å². The van der Waals surface area contributed by atoms with Crippen LogP contribution < -0.4 is 10.5 Å². The van der Waals surface area contributed by atoms with Gasteiger partial charge in [0.15, 0.2) is 6.61 Å². The molecule has 0 amide bonds. The standard InChI is InChI=1S/C15H12BrN3O2/c16-11-5-3-4-10(8-11)15-18-14(21-19-15)9-20-13-7-2-1-6-12(13)17/h1-8H,9,17H2. The molecule has 0 atom stereocenters. The van der Waals surface area contributed by atoms with E-state index in [0.29, 0.717) is 23.2 Å². The summed E-state index contributed by atoms with van der Waals surface area (Å²) < 4.78 is 11.7. The topological polar surface area (TPSA) is 74.2 Å². The summed E-state index contributed by atoms with van der Waals surface area (Å²) in [6.45, 7) is 0.176. The van der Waals surface area contributed by atoms with E-state index in [-0.39, 0.29) is 6.61 Å². The van der Waals surface area contributed by atoms with E-state index in [1.165, 1.54) is 0 Å². The summed E-state index contributed by atoms with van der Waals surface area (Å²) >= 11 is 3.41. The maximum absolute atomic E-state index is 5.80. The third-order valence-electron chi connectivity index (χ3n) is 2.82. The molecule has 0 bridgehead atoms. The predicted octanol–water partition coefficient (Wildman–Crippen LogP) is 3.66. The summed E-state index contributed by atoms with van der Waals surface area (Å²) in [5, 5.41) is 3.94. The number of rotatable bonds is 4. The van der Waals surface area contributed by atoms with Crippen LogP contribution in [0.1, 0.15) is 5.89 Å². The van der Waals surface area contributed by atoms with E-state index in [0.717, 1.165) is 10.0 Å². The Morgan fingerprint density at radius 1 is 1.14 bits per heavy atom. The van der Waals surface area contributed by atoms with Crippen molar-refractivity contribution in [3.8, 4) is 17.1 Å². The molecule has 106 valence electrons. The van der Waals surface area contributed by atoms with Gasteiger partial charge in [-0.1, -0.05) is 45.4 Å². The molecule has 1 heterocycles. The summed E-state index contributed by atoms with van der Waals surface area (Å²) in [6.07, 6.45) is 0. The van der Waals surface area contributed by atoms with Gasteiger partial charge in [0.2, 0.25) is 5.82 Å². The monoisotopic (exact) mass is 345 g/mol. The van der Waals surface area contributed by atoms with Crippen molar-refractivity contribution < 1.29 is 9.26 Å². The number of ether oxygens (including phenoxy) is 1. The number of nitrogen functional groups attached to an aromatic ring is 1. The van der Waals surface area contributed by atoms with E-state index in [9.17, 15) is 0 Å². The molecule has 2 aromatic carbocycles. The molecule has 6 heteroatoms. The van der Waals surface area contributed by atoms with Gasteiger partial charge in [-0.2, -0.15) is 4.98 Å². The van der Waals surface area contributed by atoms with Crippen LogP contribution >= 0.6 is 15.9 Å². The van der Waals surface area contributed by atoms with Crippen molar-refractivity contribution in [2.24, 2.45) is 0 Å². The van der Waals surface area contributed by atoms with E-state index in [2.05, 4.69) is 26.1 Å². The number of halogens is 1. The summed E-state index contributed by atoms with van der Waals surface area (Å²) in [7, 11) is 0. The van der Waals surface area contributed by atoms with Crippen molar-refractivity contribution in [1.82, 2.24) is 10.1 Å². The van der Waals surface area contributed by atoms with Crippen molar-refractivity contribution in [1.29, 1.82) is 0 Å². The maximum Gasteiger partial charge on any atom is 0.264 e. The first kappa shape index (κ1) is 13.6. The van der Waals surface area contributed by atoms with Gasteiger partial charge in [0.05, 0.1) is 5.69 Å². The molecule has 3 rings (SSSR count). The summed E-state index contributed by atoms with van der Waals surface area (Å²) in [4.78, 5) is 4.30. The Morgan fingerprint density at radius 2 is 2.00 bits per heavy atom. The summed E-state index contributed by atoms with van der Waals surface area (Å²) in [5.74, 6) is 1.52. The zero-order chi connectivity index (χ0) is 14.7. The number of hydrogen-bond donors (Lipinski definition) is 1. The minimum absolute atomic E-state index is 0.176. The number of anilines is 1. The van der Waals surface area contributed by atoms with Crippen LogP contribution in [0.15, 0.2) is 57.5 Å². The minimum Gasteiger partial charge on any atom is -0.482 e. The fourth-order valence-electron chi connectivity index (χ4n) is 1.81. The fraction of sp³-hybridized carbons (Fsp3) is 0.0667. The number of para-hydroxylation sites is 2. The molecular weight excluding hydrogens is 334 g/mol. The summed E-state index contributed by atoms with van der Waals surface area (Å²) in [5.41, 5.74) is 7.25. The van der Waals surface area contributed by atoms with Crippen molar-refractivity contribution >= 4 is 21.6 Å². The minimum atomic E-state index is 0.176. The number of nitrogens with two attached hydrogens (primary N) is 1. The van der Waals surface area contributed by atoms with Crippen LogP contribution in [0.5, 0.6) is 5.75 Å². The van der Waals surface area contributed by atoms with Crippen LogP contribution in [0.2, 0.25) is 0 Å². The van der Waals surface area contributed by atoms with E-state index in [1.807, 2.05) is 36.4 Å². The highest BCUT2D eigenvalue weighted by Crippen LogP contribution is 2.22. The molecule has 0 fully saturated rings. The molecule has 0 saturated carbocycles. The third kappa shape index (κ3) is 3.22. The van der Waals surface area contributed by atoms with E-state index in [4.69, 9.17) is 15.0 Å². The zero-order valence-corrected chi connectivity index (χ0v) is 12.6. The van der Waals surface area contributed by atoms with Gasteiger partial charge in [-0.05, 0) is 24.3 Å². The van der Waals surface area contributed by atoms with Crippen LogP contribution in [-0.4, -0.2) is 10.1 Å². The molecule has 2 N–H and O–H groups in total. The Balaban J connectivity index is 1.72. The molecule has 0 aliphatic rings. The maximum atomic E-state index is 5.80. The molecule has 21 heavy (non-hydrogen) atoms. The van der Waals surface area contributed by atoms with Gasteiger partial charge in [-0.15, -0.1) is 0 Å². The van der Waals surface area contributed by atoms with Crippen molar-refractivity contribution in [2.75, 3.05) is 5.73 Å². The molecule has 0 radical (unpaired) electrons. The van der Waals surface area contributed by atoms with Gasteiger partial charge in [0, 0.05) is 10.0 Å². The zero-order valence-electron chi connectivity index (χ0n) is 11.0. The Morgan fingerprint density at radius 3 is 2.81 bits per heavy atom. The van der Waals surface area contributed by atoms with Gasteiger partial charge in [-0.3, -0.25) is 0 Å². The Kier molecular flexibility index (Phi) is 3.87. The highest BCUT2D eigenvalue weighted by atomic mass is 79.9. The van der Waals surface area contributed by atoms with Gasteiger partial charge < -0.3 is 15.0 Å². The second-order valence-corrected chi connectivity index (χ2v) is 5.26. The van der Waals surface area contributed by atoms with Crippen molar-refractivity contribution in [2.45, 2.75) is 6.61 Å². The Bertz CT molecular complexity index is 758. The molecule has 5 nitrogen and oxygen atoms in total. The van der Waals surface area contributed by atoms with Crippen LogP contribution in [-0.2, 0) is 6.61 Å². The van der Waals surface area contributed by atoms with Gasteiger partial charge >= 0.3 is 0 Å². The lowest BCUT2D eigenvalue weighted by molar-refractivity contribution is 0.244. The largest absolute Gasteiger partial charge is 0.482 e. The molecule has 0 saturated heterocycles. The molecule has 0 spiro atoms.